The van der Waals surface area contributed by atoms with E-state index in [9.17, 15) is 0 Å². The van der Waals surface area contributed by atoms with E-state index in [1.807, 2.05) is 12.1 Å². The van der Waals surface area contributed by atoms with Crippen molar-refractivity contribution < 1.29 is 5.11 Å². The van der Waals surface area contributed by atoms with Crippen LogP contribution in [0.5, 0.6) is 0 Å². The summed E-state index contributed by atoms with van der Waals surface area (Å²) in [6.45, 7) is -0.0413. The van der Waals surface area contributed by atoms with E-state index in [-0.39, 0.29) is 6.61 Å². The van der Waals surface area contributed by atoms with Gasteiger partial charge in [0.25, 0.3) is 0 Å². The van der Waals surface area contributed by atoms with E-state index in [1.54, 1.807) is 6.20 Å². The highest BCUT2D eigenvalue weighted by Gasteiger charge is 1.95. The molecule has 1 aromatic rings. The highest BCUT2D eigenvalue weighted by atomic mass is 16.3. The molecule has 3 nitrogen and oxygen atoms in total. The molecule has 1 aromatic heterocycles. The SMILES string of the molecule is N#CCCc1ccnc(CO)c1. The average Bonchev–Trinajstić information content (AvgIpc) is 2.15. The number of nitrogens with zero attached hydrogens (tertiary/aromatic N) is 2. The molecule has 3 heteroatoms. The van der Waals surface area contributed by atoms with Crippen molar-refractivity contribution in [2.45, 2.75) is 19.4 Å². The maximum absolute atomic E-state index is 8.76. The summed E-state index contributed by atoms with van der Waals surface area (Å²) in [5, 5.41) is 17.1. The highest BCUT2D eigenvalue weighted by Crippen LogP contribution is 2.04. The summed E-state index contributed by atoms with van der Waals surface area (Å²) in [5.41, 5.74) is 1.71. The van der Waals surface area contributed by atoms with Gasteiger partial charge in [0, 0.05) is 12.6 Å². The van der Waals surface area contributed by atoms with Crippen molar-refractivity contribution in [1.29, 1.82) is 5.26 Å². The number of aliphatic hydroxyl groups excluding tert-OH is 1. The van der Waals surface area contributed by atoms with Crippen molar-refractivity contribution >= 4 is 0 Å². The van der Waals surface area contributed by atoms with E-state index in [0.717, 1.165) is 12.0 Å². The Labute approximate surface area is 71.3 Å². The van der Waals surface area contributed by atoms with E-state index in [2.05, 4.69) is 11.1 Å². The normalized spacial score (nSPS) is 9.33. The first-order valence-corrected chi connectivity index (χ1v) is 3.78. The summed E-state index contributed by atoms with van der Waals surface area (Å²) < 4.78 is 0. The second-order valence-electron chi connectivity index (χ2n) is 2.47. The van der Waals surface area contributed by atoms with Crippen LogP contribution in [0.25, 0.3) is 0 Å². The first-order chi connectivity index (χ1) is 5.86. The molecule has 12 heavy (non-hydrogen) atoms. The monoisotopic (exact) mass is 162 g/mol. The zero-order valence-electron chi connectivity index (χ0n) is 6.70. The lowest BCUT2D eigenvalue weighted by atomic mass is 10.1. The number of nitriles is 1. The molecular formula is C9H10N2O. The van der Waals surface area contributed by atoms with Gasteiger partial charge in [-0.1, -0.05) is 0 Å². The Bertz CT molecular complexity index is 291. The Balaban J connectivity index is 2.67. The predicted molar refractivity (Wildman–Crippen MR) is 44.1 cm³/mol. The molecule has 0 saturated heterocycles. The van der Waals surface area contributed by atoms with Crippen molar-refractivity contribution in [3.63, 3.8) is 0 Å². The third-order valence-electron chi connectivity index (χ3n) is 1.57. The molecule has 62 valence electrons. The van der Waals surface area contributed by atoms with E-state index < -0.39 is 0 Å². The first kappa shape index (κ1) is 8.69. The minimum atomic E-state index is -0.0413. The van der Waals surface area contributed by atoms with Crippen LogP contribution in [0.3, 0.4) is 0 Å². The Morgan fingerprint density at radius 2 is 2.42 bits per heavy atom. The van der Waals surface area contributed by atoms with Crippen LogP contribution in [0.2, 0.25) is 0 Å². The molecule has 0 aliphatic carbocycles. The second-order valence-corrected chi connectivity index (χ2v) is 2.47. The Kier molecular flexibility index (Phi) is 3.24. The summed E-state index contributed by atoms with van der Waals surface area (Å²) in [6, 6.07) is 5.75. The lowest BCUT2D eigenvalue weighted by Gasteiger charge is -1.98. The molecule has 0 atom stereocenters. The predicted octanol–water partition coefficient (Wildman–Crippen LogP) is 1.03. The molecule has 0 spiro atoms. The molecule has 1 rings (SSSR count). The van der Waals surface area contributed by atoms with Crippen LogP contribution >= 0.6 is 0 Å². The molecule has 0 amide bonds. The van der Waals surface area contributed by atoms with Gasteiger partial charge in [0.2, 0.25) is 0 Å². The topological polar surface area (TPSA) is 56.9 Å². The maximum Gasteiger partial charge on any atom is 0.0853 e. The molecule has 0 unspecified atom stereocenters. The number of pyridine rings is 1. The standard InChI is InChI=1S/C9H10N2O/c10-4-1-2-8-3-5-11-9(6-8)7-12/h3,5-6,12H,1-2,7H2. The van der Waals surface area contributed by atoms with Gasteiger partial charge in [-0.15, -0.1) is 0 Å². The quantitative estimate of drug-likeness (QED) is 0.722. The molecule has 0 aliphatic heterocycles. The van der Waals surface area contributed by atoms with Gasteiger partial charge in [0.05, 0.1) is 18.4 Å². The van der Waals surface area contributed by atoms with Gasteiger partial charge in [0.1, 0.15) is 0 Å². The maximum atomic E-state index is 8.76. The largest absolute Gasteiger partial charge is 0.390 e. The van der Waals surface area contributed by atoms with Gasteiger partial charge in [-0.3, -0.25) is 4.98 Å². The van der Waals surface area contributed by atoms with E-state index >= 15 is 0 Å². The van der Waals surface area contributed by atoms with Gasteiger partial charge < -0.3 is 5.11 Å². The van der Waals surface area contributed by atoms with Crippen molar-refractivity contribution in [2.75, 3.05) is 0 Å². The van der Waals surface area contributed by atoms with Crippen LogP contribution in [0.15, 0.2) is 18.3 Å². The van der Waals surface area contributed by atoms with Gasteiger partial charge in [-0.25, -0.2) is 0 Å². The minimum Gasteiger partial charge on any atom is -0.390 e. The smallest absolute Gasteiger partial charge is 0.0853 e. The summed E-state index contributed by atoms with van der Waals surface area (Å²) in [6.07, 6.45) is 2.89. The number of hydrogen-bond donors (Lipinski definition) is 1. The molecule has 0 bridgehead atoms. The highest BCUT2D eigenvalue weighted by molar-refractivity contribution is 5.16. The second kappa shape index (κ2) is 4.47. The van der Waals surface area contributed by atoms with Gasteiger partial charge in [-0.05, 0) is 24.1 Å². The number of aromatic nitrogens is 1. The number of hydrogen-bond acceptors (Lipinski definition) is 3. The number of aliphatic hydroxyl groups is 1. The lowest BCUT2D eigenvalue weighted by Crippen LogP contribution is -1.91. The van der Waals surface area contributed by atoms with Crippen LogP contribution in [-0.4, -0.2) is 10.1 Å². The van der Waals surface area contributed by atoms with Crippen LogP contribution in [0, 0.1) is 11.3 Å². The fraction of sp³-hybridized carbons (Fsp3) is 0.333. The molecule has 1 N–H and O–H groups in total. The molecule has 0 radical (unpaired) electrons. The third kappa shape index (κ3) is 2.33. The Hall–Kier alpha value is -1.40. The average molecular weight is 162 g/mol. The van der Waals surface area contributed by atoms with Crippen molar-refractivity contribution in [1.82, 2.24) is 4.98 Å². The van der Waals surface area contributed by atoms with Crippen LogP contribution in [0.4, 0.5) is 0 Å². The lowest BCUT2D eigenvalue weighted by molar-refractivity contribution is 0.276. The molecule has 0 aromatic carbocycles. The zero-order valence-corrected chi connectivity index (χ0v) is 6.70. The molecular weight excluding hydrogens is 152 g/mol. The summed E-state index contributed by atoms with van der Waals surface area (Å²) in [7, 11) is 0. The van der Waals surface area contributed by atoms with Crippen molar-refractivity contribution in [3.8, 4) is 6.07 Å². The summed E-state index contributed by atoms with van der Waals surface area (Å²) >= 11 is 0. The van der Waals surface area contributed by atoms with E-state index in [1.165, 1.54) is 0 Å². The Morgan fingerprint density at radius 1 is 1.58 bits per heavy atom. The van der Waals surface area contributed by atoms with Crippen LogP contribution in [-0.2, 0) is 13.0 Å². The van der Waals surface area contributed by atoms with Crippen LogP contribution in [0.1, 0.15) is 17.7 Å². The van der Waals surface area contributed by atoms with Gasteiger partial charge in [-0.2, -0.15) is 5.26 Å². The van der Waals surface area contributed by atoms with E-state index in [0.29, 0.717) is 12.1 Å². The first-order valence-electron chi connectivity index (χ1n) is 3.78. The van der Waals surface area contributed by atoms with Crippen LogP contribution < -0.4 is 0 Å². The van der Waals surface area contributed by atoms with Gasteiger partial charge in [0.15, 0.2) is 0 Å². The van der Waals surface area contributed by atoms with Gasteiger partial charge >= 0.3 is 0 Å². The Morgan fingerprint density at radius 3 is 3.08 bits per heavy atom. The molecule has 0 fully saturated rings. The minimum absolute atomic E-state index is 0.0413. The summed E-state index contributed by atoms with van der Waals surface area (Å²) in [5.74, 6) is 0. The van der Waals surface area contributed by atoms with Crippen molar-refractivity contribution in [3.05, 3.63) is 29.6 Å². The van der Waals surface area contributed by atoms with Crippen molar-refractivity contribution in [2.24, 2.45) is 0 Å². The fourth-order valence-electron chi connectivity index (χ4n) is 0.970. The summed E-state index contributed by atoms with van der Waals surface area (Å²) in [4.78, 5) is 3.93. The van der Waals surface area contributed by atoms with E-state index in [4.69, 9.17) is 10.4 Å². The number of aryl methyl sites for hydroxylation is 1. The number of rotatable bonds is 3. The molecule has 1 heterocycles. The molecule has 0 aliphatic rings. The molecule has 0 saturated carbocycles. The third-order valence-corrected chi connectivity index (χ3v) is 1.57. The zero-order chi connectivity index (χ0) is 8.81. The fourth-order valence-corrected chi connectivity index (χ4v) is 0.970.